The Morgan fingerprint density at radius 3 is 2.35 bits per heavy atom. The van der Waals surface area contributed by atoms with Crippen molar-refractivity contribution in [2.75, 3.05) is 38.7 Å². The number of benzene rings is 4. The number of methoxy groups -OCH3 is 1. The van der Waals surface area contributed by atoms with Gasteiger partial charge in [-0.2, -0.15) is 0 Å². The number of rotatable bonds is 11. The summed E-state index contributed by atoms with van der Waals surface area (Å²) in [7, 11) is 1.59. The smallest absolute Gasteiger partial charge is 0.322 e. The summed E-state index contributed by atoms with van der Waals surface area (Å²) in [5, 5.41) is 6.16. The molecular formula is C33H34N4O3. The molecule has 0 bridgehead atoms. The van der Waals surface area contributed by atoms with E-state index in [4.69, 9.17) is 4.74 Å². The Balaban J connectivity index is 1.33. The van der Waals surface area contributed by atoms with Gasteiger partial charge in [-0.1, -0.05) is 84.9 Å². The standard InChI is InChI=1S/C33H34N4O3/c1-40-21-20-37(33(39)35-31-17-9-13-26-12-5-6-14-28(26)31)24-32(38)36(23-25-10-3-2-4-11-25)19-18-27-22-34-30-16-8-7-15-29(27)30/h2-17,22,34H,18-21,23-24H2,1H3,(H,35,39). The molecule has 3 amide bonds. The minimum atomic E-state index is -0.335. The van der Waals surface area contributed by atoms with Crippen molar-refractivity contribution in [1.82, 2.24) is 14.8 Å². The SMILES string of the molecule is COCCN(CC(=O)N(CCc1c[nH]c2ccccc12)Cc1ccccc1)C(=O)Nc1cccc2ccccc12. The Morgan fingerprint density at radius 2 is 1.52 bits per heavy atom. The molecular weight excluding hydrogens is 500 g/mol. The highest BCUT2D eigenvalue weighted by molar-refractivity contribution is 6.02. The van der Waals surface area contributed by atoms with Crippen LogP contribution >= 0.6 is 0 Å². The zero-order valence-electron chi connectivity index (χ0n) is 22.7. The van der Waals surface area contributed by atoms with E-state index in [-0.39, 0.29) is 18.5 Å². The van der Waals surface area contributed by atoms with E-state index in [1.54, 1.807) is 7.11 Å². The Labute approximate surface area is 234 Å². The van der Waals surface area contributed by atoms with Crippen molar-refractivity contribution < 1.29 is 14.3 Å². The minimum absolute atomic E-state index is 0.0549. The number of anilines is 1. The quantitative estimate of drug-likeness (QED) is 0.216. The molecule has 5 rings (SSSR count). The van der Waals surface area contributed by atoms with Gasteiger partial charge in [0.25, 0.3) is 0 Å². The van der Waals surface area contributed by atoms with Gasteiger partial charge in [0.2, 0.25) is 5.91 Å². The third-order valence-corrected chi connectivity index (χ3v) is 7.10. The highest BCUT2D eigenvalue weighted by Crippen LogP contribution is 2.23. The monoisotopic (exact) mass is 534 g/mol. The van der Waals surface area contributed by atoms with E-state index in [2.05, 4.69) is 16.4 Å². The number of urea groups is 1. The molecule has 0 aliphatic carbocycles. The first-order chi connectivity index (χ1) is 19.6. The lowest BCUT2D eigenvalue weighted by Gasteiger charge is -2.28. The normalized spacial score (nSPS) is 11.0. The fourth-order valence-electron chi connectivity index (χ4n) is 4.94. The molecule has 2 N–H and O–H groups in total. The molecule has 0 atom stereocenters. The number of carbonyl (C=O) groups excluding carboxylic acids is 2. The van der Waals surface area contributed by atoms with Crippen LogP contribution in [-0.4, -0.2) is 60.1 Å². The summed E-state index contributed by atoms with van der Waals surface area (Å²) >= 11 is 0. The number of H-pyrrole nitrogens is 1. The van der Waals surface area contributed by atoms with Crippen LogP contribution in [0.4, 0.5) is 10.5 Å². The molecule has 1 heterocycles. The second-order valence-corrected chi connectivity index (χ2v) is 9.78. The van der Waals surface area contributed by atoms with E-state index in [1.807, 2.05) is 102 Å². The van der Waals surface area contributed by atoms with Gasteiger partial charge in [-0.25, -0.2) is 4.79 Å². The lowest BCUT2D eigenvalue weighted by atomic mass is 10.1. The van der Waals surface area contributed by atoms with Gasteiger partial charge in [0.05, 0.1) is 12.3 Å². The molecule has 1 aromatic heterocycles. The number of para-hydroxylation sites is 1. The zero-order chi connectivity index (χ0) is 27.7. The van der Waals surface area contributed by atoms with E-state index < -0.39 is 0 Å². The van der Waals surface area contributed by atoms with Crippen molar-refractivity contribution in [1.29, 1.82) is 0 Å². The number of aromatic nitrogens is 1. The third kappa shape index (κ3) is 6.50. The molecule has 40 heavy (non-hydrogen) atoms. The fourth-order valence-corrected chi connectivity index (χ4v) is 4.94. The molecule has 0 fully saturated rings. The van der Waals surface area contributed by atoms with Gasteiger partial charge in [-0.15, -0.1) is 0 Å². The molecule has 0 saturated carbocycles. The van der Waals surface area contributed by atoms with Gasteiger partial charge in [-0.05, 0) is 35.1 Å². The molecule has 204 valence electrons. The van der Waals surface area contributed by atoms with Gasteiger partial charge in [0.1, 0.15) is 6.54 Å². The van der Waals surface area contributed by atoms with Crippen LogP contribution < -0.4 is 5.32 Å². The number of fused-ring (bicyclic) bond motifs is 2. The van der Waals surface area contributed by atoms with Crippen molar-refractivity contribution in [3.05, 3.63) is 114 Å². The van der Waals surface area contributed by atoms with E-state index in [9.17, 15) is 9.59 Å². The van der Waals surface area contributed by atoms with E-state index in [0.29, 0.717) is 38.3 Å². The molecule has 0 unspecified atom stereocenters. The van der Waals surface area contributed by atoms with Crippen LogP contribution in [0.3, 0.4) is 0 Å². The van der Waals surface area contributed by atoms with Gasteiger partial charge >= 0.3 is 6.03 Å². The number of carbonyl (C=O) groups is 2. The molecule has 7 nitrogen and oxygen atoms in total. The Hall–Kier alpha value is -4.62. The minimum Gasteiger partial charge on any atom is -0.383 e. The largest absolute Gasteiger partial charge is 0.383 e. The Morgan fingerprint density at radius 1 is 0.800 bits per heavy atom. The van der Waals surface area contributed by atoms with Crippen LogP contribution in [0, 0.1) is 0 Å². The van der Waals surface area contributed by atoms with E-state index in [0.717, 1.165) is 32.8 Å². The summed E-state index contributed by atoms with van der Waals surface area (Å²) in [5.41, 5.74) is 3.98. The molecule has 7 heteroatoms. The number of ether oxygens (including phenoxy) is 1. The van der Waals surface area contributed by atoms with Crippen LogP contribution in [0.2, 0.25) is 0 Å². The number of nitrogens with zero attached hydrogens (tertiary/aromatic N) is 2. The maximum atomic E-state index is 13.8. The van der Waals surface area contributed by atoms with Crippen LogP contribution in [0.25, 0.3) is 21.7 Å². The topological polar surface area (TPSA) is 77.7 Å². The first-order valence-corrected chi connectivity index (χ1v) is 13.5. The van der Waals surface area contributed by atoms with E-state index >= 15 is 0 Å². The molecule has 0 aliphatic heterocycles. The van der Waals surface area contributed by atoms with Gasteiger partial charge in [0, 0.05) is 49.2 Å². The second kappa shape index (κ2) is 13.0. The number of hydrogen-bond acceptors (Lipinski definition) is 3. The van der Waals surface area contributed by atoms with Crippen LogP contribution in [0.15, 0.2) is 103 Å². The van der Waals surface area contributed by atoms with Crippen molar-refractivity contribution >= 4 is 39.3 Å². The third-order valence-electron chi connectivity index (χ3n) is 7.10. The summed E-state index contributed by atoms with van der Waals surface area (Å²) in [6.07, 6.45) is 2.71. The zero-order valence-corrected chi connectivity index (χ0v) is 22.7. The molecule has 0 spiro atoms. The van der Waals surface area contributed by atoms with Crippen molar-refractivity contribution in [3.8, 4) is 0 Å². The van der Waals surface area contributed by atoms with Crippen molar-refractivity contribution in [2.24, 2.45) is 0 Å². The lowest BCUT2D eigenvalue weighted by molar-refractivity contribution is -0.132. The van der Waals surface area contributed by atoms with Crippen LogP contribution in [0.5, 0.6) is 0 Å². The molecule has 0 saturated heterocycles. The van der Waals surface area contributed by atoms with E-state index in [1.165, 1.54) is 4.90 Å². The predicted octanol–water partition coefficient (Wildman–Crippen LogP) is 6.07. The molecule has 4 aromatic carbocycles. The Kier molecular flexibility index (Phi) is 8.73. The average molecular weight is 535 g/mol. The Bertz CT molecular complexity index is 1580. The van der Waals surface area contributed by atoms with Crippen LogP contribution in [-0.2, 0) is 22.5 Å². The first kappa shape index (κ1) is 27.0. The van der Waals surface area contributed by atoms with Crippen molar-refractivity contribution in [3.63, 3.8) is 0 Å². The van der Waals surface area contributed by atoms with Gasteiger partial charge in [-0.3, -0.25) is 4.79 Å². The van der Waals surface area contributed by atoms with Crippen LogP contribution in [0.1, 0.15) is 11.1 Å². The van der Waals surface area contributed by atoms with Gasteiger partial charge < -0.3 is 24.8 Å². The number of nitrogens with one attached hydrogen (secondary N) is 2. The van der Waals surface area contributed by atoms with Crippen molar-refractivity contribution in [2.45, 2.75) is 13.0 Å². The predicted molar refractivity (Wildman–Crippen MR) is 160 cm³/mol. The lowest BCUT2D eigenvalue weighted by Crippen LogP contribution is -2.46. The molecule has 0 aliphatic rings. The van der Waals surface area contributed by atoms with Gasteiger partial charge in [0.15, 0.2) is 0 Å². The fraction of sp³-hybridized carbons (Fsp3) is 0.212. The maximum Gasteiger partial charge on any atom is 0.322 e. The average Bonchev–Trinajstić information content (AvgIpc) is 3.41. The number of hydrogen-bond donors (Lipinski definition) is 2. The summed E-state index contributed by atoms with van der Waals surface area (Å²) in [4.78, 5) is 33.9. The summed E-state index contributed by atoms with van der Waals surface area (Å²) in [6, 6.07) is 31.5. The summed E-state index contributed by atoms with van der Waals surface area (Å²) < 4.78 is 5.27. The first-order valence-electron chi connectivity index (χ1n) is 13.5. The highest BCUT2D eigenvalue weighted by Gasteiger charge is 2.22. The summed E-state index contributed by atoms with van der Waals surface area (Å²) in [5.74, 6) is -0.118. The highest BCUT2D eigenvalue weighted by atomic mass is 16.5. The number of amides is 3. The molecule has 0 radical (unpaired) electrons. The maximum absolute atomic E-state index is 13.8. The summed E-state index contributed by atoms with van der Waals surface area (Å²) in [6.45, 7) is 1.55. The molecule has 5 aromatic rings. The number of aromatic amines is 1. The second-order valence-electron chi connectivity index (χ2n) is 9.78.